The number of rotatable bonds is 5. The van der Waals surface area contributed by atoms with Gasteiger partial charge in [-0.1, -0.05) is 0 Å². The van der Waals surface area contributed by atoms with Crippen LogP contribution in [0.4, 0.5) is 14.5 Å². The van der Waals surface area contributed by atoms with Crippen LogP contribution in [0.5, 0.6) is 0 Å². The smallest absolute Gasteiger partial charge is 0.313 e. The van der Waals surface area contributed by atoms with Crippen molar-refractivity contribution in [2.24, 2.45) is 0 Å². The van der Waals surface area contributed by atoms with E-state index in [-0.39, 0.29) is 19.5 Å². The van der Waals surface area contributed by atoms with E-state index in [9.17, 15) is 18.4 Å². The van der Waals surface area contributed by atoms with Gasteiger partial charge in [0.2, 0.25) is 0 Å². The number of hydrogen-bond donors (Lipinski definition) is 1. The fourth-order valence-electron chi connectivity index (χ4n) is 1.94. The molecule has 2 rings (SSSR count). The Balaban J connectivity index is 2.11. The zero-order valence-electron chi connectivity index (χ0n) is 12.5. The molecule has 1 aromatic heterocycles. The van der Waals surface area contributed by atoms with Crippen molar-refractivity contribution in [1.82, 2.24) is 4.90 Å². The molecule has 8 heteroatoms. The molecule has 0 aliphatic rings. The molecule has 1 heterocycles. The largest absolute Gasteiger partial charge is 0.467 e. The van der Waals surface area contributed by atoms with Crippen LogP contribution in [0.25, 0.3) is 0 Å². The predicted octanol–water partition coefficient (Wildman–Crippen LogP) is 2.44. The summed E-state index contributed by atoms with van der Waals surface area (Å²) >= 11 is 0. The van der Waals surface area contributed by atoms with Gasteiger partial charge in [0, 0.05) is 12.6 Å². The second-order valence-corrected chi connectivity index (χ2v) is 4.79. The maximum absolute atomic E-state index is 13.5. The SMILES string of the molecule is N#CCCN(Cc1ccco1)C(=O)C(=O)Nc1cc(F)ccc1F. The quantitative estimate of drug-likeness (QED) is 0.852. The second-order valence-electron chi connectivity index (χ2n) is 4.79. The monoisotopic (exact) mass is 333 g/mol. The van der Waals surface area contributed by atoms with Gasteiger partial charge in [-0.25, -0.2) is 8.78 Å². The zero-order valence-corrected chi connectivity index (χ0v) is 12.5. The molecule has 0 bridgehead atoms. The minimum Gasteiger partial charge on any atom is -0.467 e. The highest BCUT2D eigenvalue weighted by Crippen LogP contribution is 2.15. The number of halogens is 2. The van der Waals surface area contributed by atoms with Crippen molar-refractivity contribution in [3.8, 4) is 6.07 Å². The highest BCUT2D eigenvalue weighted by molar-refractivity contribution is 6.39. The van der Waals surface area contributed by atoms with Gasteiger partial charge >= 0.3 is 11.8 Å². The molecule has 0 aliphatic heterocycles. The van der Waals surface area contributed by atoms with Crippen LogP contribution in [0, 0.1) is 23.0 Å². The number of nitrogens with one attached hydrogen (secondary N) is 1. The van der Waals surface area contributed by atoms with Gasteiger partial charge in [-0.2, -0.15) is 5.26 Å². The van der Waals surface area contributed by atoms with Crippen molar-refractivity contribution in [3.63, 3.8) is 0 Å². The lowest BCUT2D eigenvalue weighted by atomic mass is 10.2. The lowest BCUT2D eigenvalue weighted by Crippen LogP contribution is -2.39. The number of nitriles is 1. The van der Waals surface area contributed by atoms with Crippen LogP contribution < -0.4 is 5.32 Å². The Morgan fingerprint density at radius 1 is 1.29 bits per heavy atom. The first-order chi connectivity index (χ1) is 11.5. The molecular formula is C16H13F2N3O3. The van der Waals surface area contributed by atoms with Crippen LogP contribution in [0.3, 0.4) is 0 Å². The molecule has 0 saturated carbocycles. The van der Waals surface area contributed by atoms with Gasteiger partial charge in [0.05, 0.1) is 31.0 Å². The maximum Gasteiger partial charge on any atom is 0.313 e. The number of benzene rings is 1. The molecular weight excluding hydrogens is 320 g/mol. The zero-order chi connectivity index (χ0) is 17.5. The van der Waals surface area contributed by atoms with Crippen LogP contribution >= 0.6 is 0 Å². The molecule has 0 atom stereocenters. The predicted molar refractivity (Wildman–Crippen MR) is 79.3 cm³/mol. The van der Waals surface area contributed by atoms with Gasteiger partial charge in [-0.3, -0.25) is 9.59 Å². The van der Waals surface area contributed by atoms with Gasteiger partial charge < -0.3 is 14.6 Å². The molecule has 124 valence electrons. The first kappa shape index (κ1) is 17.1. The van der Waals surface area contributed by atoms with E-state index in [1.54, 1.807) is 12.1 Å². The van der Waals surface area contributed by atoms with Gasteiger partial charge in [-0.15, -0.1) is 0 Å². The van der Waals surface area contributed by atoms with Crippen LogP contribution in [0.1, 0.15) is 12.2 Å². The third-order valence-corrected chi connectivity index (χ3v) is 3.08. The normalized spacial score (nSPS) is 10.0. The van der Waals surface area contributed by atoms with Crippen molar-refractivity contribution in [1.29, 1.82) is 5.26 Å². The number of hydrogen-bond acceptors (Lipinski definition) is 4. The van der Waals surface area contributed by atoms with E-state index in [1.165, 1.54) is 6.26 Å². The Labute approximate surface area is 136 Å². The van der Waals surface area contributed by atoms with E-state index < -0.39 is 29.1 Å². The summed E-state index contributed by atoms with van der Waals surface area (Å²) in [6, 6.07) is 7.60. The summed E-state index contributed by atoms with van der Waals surface area (Å²) in [5.41, 5.74) is -0.438. The lowest BCUT2D eigenvalue weighted by molar-refractivity contribution is -0.143. The molecule has 2 amide bonds. The Kier molecular flexibility index (Phi) is 5.63. The van der Waals surface area contributed by atoms with E-state index in [1.807, 2.05) is 11.4 Å². The molecule has 0 spiro atoms. The fraction of sp³-hybridized carbons (Fsp3) is 0.188. The maximum atomic E-state index is 13.5. The second kappa shape index (κ2) is 7.87. The van der Waals surface area contributed by atoms with E-state index in [4.69, 9.17) is 9.68 Å². The highest BCUT2D eigenvalue weighted by atomic mass is 19.1. The van der Waals surface area contributed by atoms with Crippen LogP contribution in [-0.4, -0.2) is 23.3 Å². The minimum atomic E-state index is -1.14. The first-order valence-corrected chi connectivity index (χ1v) is 6.96. The standard InChI is InChI=1S/C16H13F2N3O3/c17-11-4-5-13(18)14(9-11)20-15(22)16(23)21(7-2-6-19)10-12-3-1-8-24-12/h1,3-5,8-9H,2,7,10H2,(H,20,22). The van der Waals surface area contributed by atoms with Gasteiger partial charge in [0.15, 0.2) is 0 Å². The first-order valence-electron chi connectivity index (χ1n) is 6.96. The third kappa shape index (κ3) is 4.39. The molecule has 2 aromatic rings. The fourth-order valence-corrected chi connectivity index (χ4v) is 1.94. The Bertz CT molecular complexity index is 769. The van der Waals surface area contributed by atoms with Crippen molar-refractivity contribution < 1.29 is 22.8 Å². The lowest BCUT2D eigenvalue weighted by Gasteiger charge is -2.19. The summed E-state index contributed by atoms with van der Waals surface area (Å²) in [6.07, 6.45) is 1.42. The third-order valence-electron chi connectivity index (χ3n) is 3.08. The van der Waals surface area contributed by atoms with Gasteiger partial charge in [0.25, 0.3) is 0 Å². The summed E-state index contributed by atoms with van der Waals surface area (Å²) in [7, 11) is 0. The topological polar surface area (TPSA) is 86.3 Å². The highest BCUT2D eigenvalue weighted by Gasteiger charge is 2.23. The molecule has 0 aliphatic carbocycles. The summed E-state index contributed by atoms with van der Waals surface area (Å²) in [5, 5.41) is 10.7. The van der Waals surface area contributed by atoms with Crippen molar-refractivity contribution in [2.45, 2.75) is 13.0 Å². The number of anilines is 1. The molecule has 0 saturated heterocycles. The molecule has 0 unspecified atom stereocenters. The molecule has 0 fully saturated rings. The van der Waals surface area contributed by atoms with Gasteiger partial charge in [-0.05, 0) is 24.3 Å². The van der Waals surface area contributed by atoms with Gasteiger partial charge in [0.1, 0.15) is 17.4 Å². The summed E-state index contributed by atoms with van der Waals surface area (Å²) in [6.45, 7) is -0.0261. The van der Waals surface area contributed by atoms with Crippen molar-refractivity contribution in [3.05, 3.63) is 54.0 Å². The number of furan rings is 1. The molecule has 6 nitrogen and oxygen atoms in total. The van der Waals surface area contributed by atoms with Crippen LogP contribution in [-0.2, 0) is 16.1 Å². The molecule has 1 N–H and O–H groups in total. The number of carbonyl (C=O) groups is 2. The average Bonchev–Trinajstić information content (AvgIpc) is 3.07. The Morgan fingerprint density at radius 3 is 2.75 bits per heavy atom. The molecule has 0 radical (unpaired) electrons. The summed E-state index contributed by atoms with van der Waals surface area (Å²) in [5.74, 6) is -3.32. The van der Waals surface area contributed by atoms with E-state index in [0.717, 1.165) is 23.1 Å². The Morgan fingerprint density at radius 2 is 2.08 bits per heavy atom. The van der Waals surface area contributed by atoms with Crippen molar-refractivity contribution >= 4 is 17.5 Å². The number of amides is 2. The molecule has 1 aromatic carbocycles. The van der Waals surface area contributed by atoms with Crippen molar-refractivity contribution in [2.75, 3.05) is 11.9 Å². The van der Waals surface area contributed by atoms with E-state index in [2.05, 4.69) is 0 Å². The minimum absolute atomic E-state index is 0.00487. The number of carbonyl (C=O) groups excluding carboxylic acids is 2. The van der Waals surface area contributed by atoms with Crippen LogP contribution in [0.15, 0.2) is 41.0 Å². The van der Waals surface area contributed by atoms with Crippen LogP contribution in [0.2, 0.25) is 0 Å². The Hall–Kier alpha value is -3.21. The van der Waals surface area contributed by atoms with E-state index >= 15 is 0 Å². The summed E-state index contributed by atoms with van der Waals surface area (Å²) < 4.78 is 31.8. The summed E-state index contributed by atoms with van der Waals surface area (Å²) in [4.78, 5) is 25.3. The van der Waals surface area contributed by atoms with E-state index in [0.29, 0.717) is 5.76 Å². The average molecular weight is 333 g/mol. The molecule has 24 heavy (non-hydrogen) atoms. The number of nitrogens with zero attached hydrogens (tertiary/aromatic N) is 2.